The highest BCUT2D eigenvalue weighted by Crippen LogP contribution is 2.38. The zero-order valence-electron chi connectivity index (χ0n) is 17.3. The summed E-state index contributed by atoms with van der Waals surface area (Å²) in [5.74, 6) is -0.196. The average Bonchev–Trinajstić information content (AvgIpc) is 3.07. The Morgan fingerprint density at radius 1 is 1.07 bits per heavy atom. The van der Waals surface area contributed by atoms with Crippen molar-refractivity contribution >= 4 is 28.2 Å². The highest BCUT2D eigenvalue weighted by atomic mass is 16.3. The molecule has 7 heteroatoms. The predicted octanol–water partition coefficient (Wildman–Crippen LogP) is 2.77. The molecule has 1 saturated heterocycles. The fraction of sp³-hybridized carbons (Fsp3) is 0.348. The number of aryl methyl sites for hydroxylation is 1. The number of hydrogen-bond donors (Lipinski definition) is 2. The van der Waals surface area contributed by atoms with Gasteiger partial charge >= 0.3 is 0 Å². The zero-order chi connectivity index (χ0) is 20.9. The van der Waals surface area contributed by atoms with Crippen LogP contribution in [0.5, 0.6) is 5.88 Å². The van der Waals surface area contributed by atoms with E-state index in [9.17, 15) is 9.90 Å². The first kappa shape index (κ1) is 20.1. The zero-order valence-corrected chi connectivity index (χ0v) is 17.3. The fourth-order valence-electron chi connectivity index (χ4n) is 4.10. The number of hydrogen-bond acceptors (Lipinski definition) is 4. The van der Waals surface area contributed by atoms with Gasteiger partial charge in [-0.3, -0.25) is 4.79 Å². The van der Waals surface area contributed by atoms with Crippen LogP contribution in [0.1, 0.15) is 13.3 Å². The Morgan fingerprint density at radius 2 is 1.77 bits per heavy atom. The number of rotatable bonds is 6. The number of para-hydroxylation sites is 2. The Morgan fingerprint density at radius 3 is 2.50 bits per heavy atom. The highest BCUT2D eigenvalue weighted by Gasteiger charge is 2.21. The lowest BCUT2D eigenvalue weighted by molar-refractivity contribution is -0.900. The maximum Gasteiger partial charge on any atom is 0.270 e. The minimum atomic E-state index is -0.249. The lowest BCUT2D eigenvalue weighted by Crippen LogP contribution is -3.15. The number of piperazine rings is 1. The standard InChI is InChI=1S/C23H27N5O2/c1-2-28-20-11-7-6-10-19(20)22(23(28)30)25-24-21(29)12-13-26-14-16-27(17-15-26)18-8-4-3-5-9-18/h3-11,30H,2,12-17H2,1H3/p+1. The van der Waals surface area contributed by atoms with Crippen molar-refractivity contribution in [3.63, 3.8) is 0 Å². The number of anilines is 1. The van der Waals surface area contributed by atoms with Gasteiger partial charge in [-0.25, -0.2) is 0 Å². The van der Waals surface area contributed by atoms with Gasteiger partial charge in [-0.2, -0.15) is 0 Å². The van der Waals surface area contributed by atoms with Crippen molar-refractivity contribution in [3.8, 4) is 5.88 Å². The summed E-state index contributed by atoms with van der Waals surface area (Å²) in [4.78, 5) is 16.1. The van der Waals surface area contributed by atoms with Gasteiger partial charge in [-0.15, -0.1) is 10.2 Å². The molecule has 2 aromatic carbocycles. The summed E-state index contributed by atoms with van der Waals surface area (Å²) < 4.78 is 1.77. The molecule has 1 aliphatic rings. The SMILES string of the molecule is CCn1c(O)c(N=NC(=O)CC[NH+]2CCN(c3ccccc3)CC2)c2ccccc21. The molecule has 0 radical (unpaired) electrons. The minimum Gasteiger partial charge on any atom is -0.493 e. The van der Waals surface area contributed by atoms with Crippen LogP contribution in [0.3, 0.4) is 0 Å². The number of nitrogens with one attached hydrogen (secondary N) is 1. The molecule has 1 aromatic heterocycles. The van der Waals surface area contributed by atoms with Crippen LogP contribution in [0.4, 0.5) is 11.4 Å². The second-order valence-corrected chi connectivity index (χ2v) is 7.60. The van der Waals surface area contributed by atoms with E-state index in [-0.39, 0.29) is 11.8 Å². The van der Waals surface area contributed by atoms with Gasteiger partial charge in [0.2, 0.25) is 5.88 Å². The summed E-state index contributed by atoms with van der Waals surface area (Å²) in [6, 6.07) is 18.1. The van der Waals surface area contributed by atoms with Gasteiger partial charge in [-0.05, 0) is 25.1 Å². The molecule has 0 aliphatic carbocycles. The number of benzene rings is 2. The first-order chi connectivity index (χ1) is 14.7. The molecule has 0 bridgehead atoms. The Kier molecular flexibility index (Phi) is 6.09. The number of carbonyl (C=O) groups excluding carboxylic acids is 1. The third-order valence-corrected chi connectivity index (χ3v) is 5.78. The minimum absolute atomic E-state index is 0.0536. The molecule has 3 aromatic rings. The van der Waals surface area contributed by atoms with Crippen molar-refractivity contribution in [2.75, 3.05) is 37.6 Å². The summed E-state index contributed by atoms with van der Waals surface area (Å²) in [7, 11) is 0. The molecular formula is C23H28N5O2+. The molecule has 30 heavy (non-hydrogen) atoms. The van der Waals surface area contributed by atoms with Crippen LogP contribution < -0.4 is 9.80 Å². The number of aromatic nitrogens is 1. The lowest BCUT2D eigenvalue weighted by atomic mass is 10.2. The van der Waals surface area contributed by atoms with E-state index in [0.717, 1.165) is 43.6 Å². The quantitative estimate of drug-likeness (QED) is 0.618. The van der Waals surface area contributed by atoms with Gasteiger partial charge in [-0.1, -0.05) is 36.4 Å². The van der Waals surface area contributed by atoms with Crippen LogP contribution in [0.2, 0.25) is 0 Å². The second-order valence-electron chi connectivity index (χ2n) is 7.60. The van der Waals surface area contributed by atoms with Crippen molar-refractivity contribution in [2.24, 2.45) is 10.2 Å². The molecule has 0 saturated carbocycles. The summed E-state index contributed by atoms with van der Waals surface area (Å²) in [5.41, 5.74) is 2.51. The van der Waals surface area contributed by atoms with E-state index in [1.165, 1.54) is 10.6 Å². The largest absolute Gasteiger partial charge is 0.493 e. The summed E-state index contributed by atoms with van der Waals surface area (Å²) >= 11 is 0. The number of fused-ring (bicyclic) bond motifs is 1. The first-order valence-corrected chi connectivity index (χ1v) is 10.6. The summed E-state index contributed by atoms with van der Waals surface area (Å²) in [5, 5.41) is 19.3. The van der Waals surface area contributed by atoms with Gasteiger partial charge in [0.05, 0.1) is 44.7 Å². The average molecular weight is 407 g/mol. The predicted molar refractivity (Wildman–Crippen MR) is 118 cm³/mol. The van der Waals surface area contributed by atoms with Crippen LogP contribution >= 0.6 is 0 Å². The number of azo groups is 1. The molecule has 0 spiro atoms. The van der Waals surface area contributed by atoms with Crippen molar-refractivity contribution in [1.82, 2.24) is 4.57 Å². The van der Waals surface area contributed by atoms with Crippen molar-refractivity contribution < 1.29 is 14.8 Å². The van der Waals surface area contributed by atoms with E-state index in [2.05, 4.69) is 39.4 Å². The van der Waals surface area contributed by atoms with Crippen LogP contribution in [0.25, 0.3) is 10.9 Å². The van der Waals surface area contributed by atoms with E-state index in [1.807, 2.05) is 37.3 Å². The third kappa shape index (κ3) is 4.21. The van der Waals surface area contributed by atoms with Crippen LogP contribution in [0.15, 0.2) is 64.8 Å². The van der Waals surface area contributed by atoms with Crippen LogP contribution in [-0.4, -0.2) is 48.3 Å². The molecule has 156 valence electrons. The maximum absolute atomic E-state index is 12.3. The molecule has 2 heterocycles. The lowest BCUT2D eigenvalue weighted by Gasteiger charge is -2.33. The number of amides is 1. The Bertz CT molecular complexity index is 1040. The Balaban J connectivity index is 1.32. The fourth-order valence-corrected chi connectivity index (χ4v) is 4.10. The van der Waals surface area contributed by atoms with E-state index >= 15 is 0 Å². The summed E-state index contributed by atoms with van der Waals surface area (Å²) in [6.45, 7) is 7.31. The van der Waals surface area contributed by atoms with Crippen molar-refractivity contribution in [2.45, 2.75) is 19.9 Å². The number of quaternary nitrogens is 1. The molecule has 7 nitrogen and oxygen atoms in total. The number of aromatic hydroxyl groups is 1. The molecule has 0 atom stereocenters. The third-order valence-electron chi connectivity index (χ3n) is 5.78. The monoisotopic (exact) mass is 406 g/mol. The topological polar surface area (TPSA) is 74.6 Å². The maximum atomic E-state index is 12.3. The molecule has 2 N–H and O–H groups in total. The normalized spacial score (nSPS) is 15.3. The number of carbonyl (C=O) groups is 1. The smallest absolute Gasteiger partial charge is 0.270 e. The van der Waals surface area contributed by atoms with Crippen LogP contribution in [0, 0.1) is 0 Å². The molecule has 1 amide bonds. The van der Waals surface area contributed by atoms with Gasteiger partial charge in [0.1, 0.15) is 0 Å². The van der Waals surface area contributed by atoms with Crippen LogP contribution in [-0.2, 0) is 11.3 Å². The Labute approximate surface area is 176 Å². The second kappa shape index (κ2) is 9.09. The summed E-state index contributed by atoms with van der Waals surface area (Å²) in [6.07, 6.45) is 0.358. The van der Waals surface area contributed by atoms with Gasteiger partial charge in [0.15, 0.2) is 5.69 Å². The molecular weight excluding hydrogens is 378 g/mol. The van der Waals surface area contributed by atoms with Crippen molar-refractivity contribution in [3.05, 3.63) is 54.6 Å². The number of nitrogens with zero attached hydrogens (tertiary/aromatic N) is 4. The van der Waals surface area contributed by atoms with Gasteiger partial charge in [0, 0.05) is 17.6 Å². The van der Waals surface area contributed by atoms with Gasteiger partial charge in [0.25, 0.3) is 5.91 Å². The molecule has 1 aliphatic heterocycles. The van der Waals surface area contributed by atoms with E-state index in [0.29, 0.717) is 18.7 Å². The molecule has 0 unspecified atom stereocenters. The Hall–Kier alpha value is -3.19. The van der Waals surface area contributed by atoms with E-state index in [4.69, 9.17) is 0 Å². The molecule has 1 fully saturated rings. The highest BCUT2D eigenvalue weighted by molar-refractivity contribution is 5.95. The van der Waals surface area contributed by atoms with Gasteiger partial charge < -0.3 is 19.5 Å². The van der Waals surface area contributed by atoms with Crippen molar-refractivity contribution in [1.29, 1.82) is 0 Å². The first-order valence-electron chi connectivity index (χ1n) is 10.6. The van der Waals surface area contributed by atoms with E-state index in [1.54, 1.807) is 4.57 Å². The molecule has 4 rings (SSSR count). The van der Waals surface area contributed by atoms with E-state index < -0.39 is 0 Å².